The van der Waals surface area contributed by atoms with E-state index in [1.54, 1.807) is 42.5 Å². The Hall–Kier alpha value is -12.7. The molecule has 0 amide bonds. The number of aromatic hydroxyl groups is 1. The Kier molecular flexibility index (Phi) is 26.5. The van der Waals surface area contributed by atoms with E-state index < -0.39 is 11.8 Å². The number of fused-ring (bicyclic) bond motifs is 16. The summed E-state index contributed by atoms with van der Waals surface area (Å²) in [6, 6.07) is 53.7. The Morgan fingerprint density at radius 3 is 1.42 bits per heavy atom. The highest BCUT2D eigenvalue weighted by molar-refractivity contribution is 7.81. The lowest BCUT2D eigenvalue weighted by atomic mass is 9.89. The van der Waals surface area contributed by atoms with E-state index in [2.05, 4.69) is 171 Å². The van der Waals surface area contributed by atoms with Crippen molar-refractivity contribution in [1.82, 2.24) is 68.7 Å². The van der Waals surface area contributed by atoms with E-state index in [1.807, 2.05) is 82.9 Å². The molecule has 0 bridgehead atoms. The van der Waals surface area contributed by atoms with Crippen molar-refractivity contribution in [2.24, 2.45) is 37.7 Å². The number of hydrogen-bond donors (Lipinski definition) is 5. The van der Waals surface area contributed by atoms with E-state index in [-0.39, 0.29) is 29.1 Å². The maximum absolute atomic E-state index is 13.7. The summed E-state index contributed by atoms with van der Waals surface area (Å²) >= 11 is 17.8. The first-order chi connectivity index (χ1) is 67.1. The first kappa shape index (κ1) is 93.9. The molecular formula is C105H122F4N26OS3. The minimum absolute atomic E-state index is 0.0334. The van der Waals surface area contributed by atoms with Crippen LogP contribution in [0.1, 0.15) is 201 Å². The highest BCUT2D eigenvalue weighted by Crippen LogP contribution is 2.48. The van der Waals surface area contributed by atoms with Crippen LogP contribution in [-0.4, -0.2) is 196 Å². The maximum Gasteiger partial charge on any atom is 0.286 e. The normalized spacial score (nSPS) is 20.8. The molecule has 8 aliphatic heterocycles. The van der Waals surface area contributed by atoms with Gasteiger partial charge in [-0.1, -0.05) is 219 Å². The third-order valence-electron chi connectivity index (χ3n) is 29.1. The van der Waals surface area contributed by atoms with Gasteiger partial charge in [0.15, 0.2) is 23.3 Å². The van der Waals surface area contributed by atoms with Gasteiger partial charge in [-0.25, -0.2) is 47.5 Å². The lowest BCUT2D eigenvalue weighted by Crippen LogP contribution is -2.52. The lowest BCUT2D eigenvalue weighted by molar-refractivity contribution is 0.0126. The second-order valence-corrected chi connectivity index (χ2v) is 40.9. The number of alkyl halides is 4. The molecule has 4 aliphatic carbocycles. The average molecular weight is 1940 g/mol. The summed E-state index contributed by atoms with van der Waals surface area (Å²) in [5.74, 6) is 6.76. The second kappa shape index (κ2) is 39.2. The molecule has 724 valence electrons. The Morgan fingerprint density at radius 1 is 0.432 bits per heavy atom. The summed E-state index contributed by atoms with van der Waals surface area (Å²) in [7, 11) is 8.10. The number of aromatic nitrogens is 10. The smallest absolute Gasteiger partial charge is 0.286 e. The molecule has 0 radical (unpaired) electrons. The minimum Gasteiger partial charge on any atom is -0.508 e. The molecular weight excluding hydrogens is 1810 g/mol. The molecule has 6 aromatic heterocycles. The van der Waals surface area contributed by atoms with Crippen LogP contribution in [0.5, 0.6) is 5.75 Å². The number of benzene rings is 5. The van der Waals surface area contributed by atoms with Gasteiger partial charge in [0, 0.05) is 95.2 Å². The number of phenols is 1. The number of guanidine groups is 4. The van der Waals surface area contributed by atoms with Crippen LogP contribution >= 0.6 is 36.7 Å². The molecule has 12 aliphatic rings. The van der Waals surface area contributed by atoms with Crippen molar-refractivity contribution in [2.75, 3.05) is 82.1 Å². The molecule has 11 aromatic rings. The Balaban J connectivity index is 0.000000114. The predicted molar refractivity (Wildman–Crippen MR) is 558 cm³/mol. The van der Waals surface area contributed by atoms with Crippen molar-refractivity contribution >= 4 is 139 Å². The summed E-state index contributed by atoms with van der Waals surface area (Å²) in [4.78, 5) is 48.0. The molecule has 0 unspecified atom stereocenters. The van der Waals surface area contributed by atoms with Gasteiger partial charge in [-0.3, -0.25) is 29.6 Å². The van der Waals surface area contributed by atoms with Crippen molar-refractivity contribution in [3.8, 4) is 17.0 Å². The summed E-state index contributed by atoms with van der Waals surface area (Å²) in [5, 5.41) is 44.7. The van der Waals surface area contributed by atoms with Crippen LogP contribution in [0.4, 0.5) is 81.2 Å². The van der Waals surface area contributed by atoms with Crippen LogP contribution in [0.3, 0.4) is 0 Å². The average Bonchev–Trinajstić information content (AvgIpc) is 1.58. The monoisotopic (exact) mass is 1930 g/mol. The van der Waals surface area contributed by atoms with Crippen molar-refractivity contribution in [3.05, 3.63) is 226 Å². The molecule has 5 N–H and O–H groups in total. The highest BCUT2D eigenvalue weighted by Gasteiger charge is 2.51. The number of rotatable bonds is 21. The predicted octanol–water partition coefficient (Wildman–Crippen LogP) is 20.9. The summed E-state index contributed by atoms with van der Waals surface area (Å²) in [6.07, 6.45) is 24.5. The third kappa shape index (κ3) is 19.0. The van der Waals surface area contributed by atoms with E-state index in [9.17, 15) is 22.7 Å². The number of nitrogens with one attached hydrogen (secondary N) is 4. The fourth-order valence-corrected chi connectivity index (χ4v) is 22.1. The topological polar surface area (TPSA) is 241 Å². The Bertz CT molecular complexity index is 6460. The number of aliphatic imine (C=N–C) groups is 4. The zero-order chi connectivity index (χ0) is 96.4. The molecule has 139 heavy (non-hydrogen) atoms. The lowest BCUT2D eigenvalue weighted by Gasteiger charge is -2.37. The van der Waals surface area contributed by atoms with Crippen molar-refractivity contribution in [3.63, 3.8) is 0 Å². The number of para-hydroxylation sites is 2. The number of phenolic OH excluding ortho intramolecular Hbond substituents is 1. The largest absolute Gasteiger partial charge is 0.508 e. The summed E-state index contributed by atoms with van der Waals surface area (Å²) in [6.45, 7) is 15.1. The van der Waals surface area contributed by atoms with E-state index in [0.717, 1.165) is 191 Å². The van der Waals surface area contributed by atoms with Crippen molar-refractivity contribution in [1.29, 1.82) is 0 Å². The minimum atomic E-state index is -2.96. The maximum atomic E-state index is 13.7. The number of anilines is 11. The molecule has 5 aromatic carbocycles. The standard InChI is InChI=1S/C30H29N7S.C26H28F2N6OS.C25H34N6.C24H31F2N7S/c1-35-29(38)26-27(32-22-9-3-2-4-10-22)36(19-20-14-16-21(17-15-20)23-11-7-8-18-31-23)34-28(26)37-25-13-6-5-12-24(25)33-30(35)37;1-15(2)20-14-33-23-21(24(36)32(4)25(33)30-20)22(29-18-9-11-19(35)12-10-18)34(31-23)13-16-5-7-17(8-6-16)26(3,27)28;1-29-17-20-23(26-19-12-6-3-7-13-19)30(16-18-10-4-2-5-11-18)28-24(20)31-22-15-9-8-14-21(22)27-25(29)31;1-14(2)17-13-32-21-19(22(34)31(4)23(32)29-17)20(28-16-7-5-6-8-16)33(30-21)12-15-9-10-18(27-11-15)24(3,25)26/h2-4,7-11,14-18,24-25,32H,5-6,12-13,19H2,1H3;5-12,15,20,29,35H,13-14H2,1-4H3;3,6-7,12-13,18,21-22,26H,2,4-5,8-11,14-17H2,1H3;9-11,14,16-17,28H,5-8,12-13H2,1-4H3/t24-,25+;20-;21-,22+;17-/m0010/s1. The van der Waals surface area contributed by atoms with Crippen LogP contribution in [0.15, 0.2) is 196 Å². The fraction of sp³-hybridized carbons (Fsp3) is 0.438. The SMILES string of the molecule is CC(C)[C@@H]1CN2C(=N1)N(C)C(=S)c1c2nn(Cc2ccc(C(C)(F)F)cc2)c1Nc1ccc(O)cc1.CC(C)[C@@H]1CN2C(=N1)N(C)C(=S)c1c2nn(Cc2ccc(C(C)(F)F)nc2)c1NC1CCCC1.CN1C(=S)c2c(nn(Cc3ccc(-c4ccccn4)cc3)c2Nc2ccccc2)N2C1=N[C@H]1CCCC[C@H]12.CN1Cc2c(nn(CC3CCCCC3)c2Nc2ccccc2)N2C1=N[C@@H]1CCCC[C@@H]12. The highest BCUT2D eigenvalue weighted by atomic mass is 32.1. The summed E-state index contributed by atoms with van der Waals surface area (Å²) < 4.78 is 62.8. The quantitative estimate of drug-likeness (QED) is 0.0255. The van der Waals surface area contributed by atoms with E-state index in [1.165, 1.54) is 119 Å². The summed E-state index contributed by atoms with van der Waals surface area (Å²) in [5.41, 5.74) is 11.5. The van der Waals surface area contributed by atoms with E-state index in [4.69, 9.17) is 77.0 Å². The van der Waals surface area contributed by atoms with Gasteiger partial charge in [-0.15, -0.1) is 0 Å². The zero-order valence-corrected chi connectivity index (χ0v) is 83.0. The number of nitrogens with zero attached hydrogens (tertiary/aromatic N) is 22. The molecule has 0 saturated heterocycles. The van der Waals surface area contributed by atoms with Gasteiger partial charge < -0.3 is 46.0 Å². The van der Waals surface area contributed by atoms with Crippen LogP contribution in [0.2, 0.25) is 0 Å². The molecule has 6 atom stereocenters. The zero-order valence-electron chi connectivity index (χ0n) is 80.5. The molecule has 4 fully saturated rings. The molecule has 23 rings (SSSR count). The van der Waals surface area contributed by atoms with Crippen molar-refractivity contribution in [2.45, 2.75) is 238 Å². The number of pyridine rings is 2. The van der Waals surface area contributed by atoms with Gasteiger partial charge in [-0.2, -0.15) is 29.2 Å². The number of halogens is 4. The number of hydrogen-bond acceptors (Lipinski definition) is 23. The molecule has 14 heterocycles. The fourth-order valence-electron chi connectivity index (χ4n) is 21.3. The molecule has 27 nitrogen and oxygen atoms in total. The van der Waals surface area contributed by atoms with Gasteiger partial charge in [-0.05, 0) is 153 Å². The van der Waals surface area contributed by atoms with Gasteiger partial charge in [0.25, 0.3) is 11.8 Å². The first-order valence-corrected chi connectivity index (χ1v) is 50.5. The molecule has 34 heteroatoms. The van der Waals surface area contributed by atoms with Crippen LogP contribution in [-0.2, 0) is 44.6 Å². The van der Waals surface area contributed by atoms with Crippen LogP contribution < -0.4 is 40.9 Å². The Morgan fingerprint density at radius 2 is 0.892 bits per heavy atom. The van der Waals surface area contributed by atoms with Gasteiger partial charge in [0.1, 0.15) is 49.7 Å². The molecule has 0 spiro atoms. The van der Waals surface area contributed by atoms with Gasteiger partial charge in [0.05, 0.1) is 103 Å². The van der Waals surface area contributed by atoms with Crippen LogP contribution in [0, 0.1) is 17.8 Å². The van der Waals surface area contributed by atoms with Gasteiger partial charge in [0.2, 0.25) is 23.8 Å². The first-order valence-electron chi connectivity index (χ1n) is 49.3. The number of thiocarbonyl (C=S) groups is 3. The van der Waals surface area contributed by atoms with Gasteiger partial charge >= 0.3 is 0 Å². The van der Waals surface area contributed by atoms with E-state index in [0.29, 0.717) is 84.0 Å². The van der Waals surface area contributed by atoms with Crippen LogP contribution in [0.25, 0.3) is 11.3 Å². The third-order valence-corrected chi connectivity index (χ3v) is 30.5. The second-order valence-electron chi connectivity index (χ2n) is 39.8. The Labute approximate surface area is 826 Å². The van der Waals surface area contributed by atoms with Crippen molar-refractivity contribution < 1.29 is 22.7 Å². The molecule has 4 saturated carbocycles. The van der Waals surface area contributed by atoms with E-state index >= 15 is 0 Å².